The van der Waals surface area contributed by atoms with Crippen molar-refractivity contribution in [1.82, 2.24) is 0 Å². The van der Waals surface area contributed by atoms with Gasteiger partial charge in [0.25, 0.3) is 0 Å². The van der Waals surface area contributed by atoms with Crippen LogP contribution in [0.15, 0.2) is 24.3 Å². The number of nitrogens with one attached hydrogen (secondary N) is 1. The van der Waals surface area contributed by atoms with Crippen LogP contribution in [0.1, 0.15) is 50.9 Å². The zero-order valence-corrected chi connectivity index (χ0v) is 12.4. The van der Waals surface area contributed by atoms with Crippen molar-refractivity contribution in [3.05, 3.63) is 29.8 Å². The Kier molecular flexibility index (Phi) is 6.40. The molecule has 1 aromatic rings. The van der Waals surface area contributed by atoms with Crippen LogP contribution >= 0.6 is 0 Å². The first kappa shape index (κ1) is 15.5. The predicted octanol–water partition coefficient (Wildman–Crippen LogP) is 4.10. The van der Waals surface area contributed by atoms with Gasteiger partial charge in [-0.1, -0.05) is 27.7 Å². The van der Waals surface area contributed by atoms with Crippen molar-refractivity contribution >= 4 is 11.7 Å². The van der Waals surface area contributed by atoms with Crippen LogP contribution < -0.4 is 5.32 Å². The number of carbonyl (C=O) groups excluding carboxylic acids is 1. The molecule has 1 atom stereocenters. The number of rotatable bonds is 7. The van der Waals surface area contributed by atoms with E-state index in [0.717, 1.165) is 18.5 Å². The summed E-state index contributed by atoms with van der Waals surface area (Å²) in [6.07, 6.45) is 1.93. The van der Waals surface area contributed by atoms with Crippen molar-refractivity contribution in [3.63, 3.8) is 0 Å². The van der Waals surface area contributed by atoms with Crippen molar-refractivity contribution < 1.29 is 9.53 Å². The van der Waals surface area contributed by atoms with Gasteiger partial charge in [-0.05, 0) is 43.0 Å². The molecule has 0 aliphatic carbocycles. The number of anilines is 1. The van der Waals surface area contributed by atoms with E-state index < -0.39 is 0 Å². The molecule has 0 saturated carbocycles. The molecule has 3 nitrogen and oxygen atoms in total. The second-order valence-electron chi connectivity index (χ2n) is 5.12. The van der Waals surface area contributed by atoms with Crippen molar-refractivity contribution in [2.75, 3.05) is 11.9 Å². The molecule has 0 aliphatic rings. The van der Waals surface area contributed by atoms with E-state index in [1.807, 2.05) is 31.2 Å². The summed E-state index contributed by atoms with van der Waals surface area (Å²) in [7, 11) is 0. The highest BCUT2D eigenvalue weighted by atomic mass is 16.5. The highest BCUT2D eigenvalue weighted by molar-refractivity contribution is 5.89. The first-order chi connectivity index (χ1) is 9.08. The van der Waals surface area contributed by atoms with Crippen LogP contribution in [-0.4, -0.2) is 18.6 Å². The molecule has 106 valence electrons. The van der Waals surface area contributed by atoms with Gasteiger partial charge in [-0.2, -0.15) is 0 Å². The van der Waals surface area contributed by atoms with Gasteiger partial charge in [-0.3, -0.25) is 0 Å². The van der Waals surface area contributed by atoms with E-state index in [-0.39, 0.29) is 5.97 Å². The lowest BCUT2D eigenvalue weighted by Crippen LogP contribution is -2.24. The second-order valence-corrected chi connectivity index (χ2v) is 5.12. The molecule has 0 fully saturated rings. The third-order valence-corrected chi connectivity index (χ3v) is 3.15. The third-order valence-electron chi connectivity index (χ3n) is 3.15. The minimum atomic E-state index is -0.246. The highest BCUT2D eigenvalue weighted by Gasteiger charge is 2.11. The maximum Gasteiger partial charge on any atom is 0.338 e. The van der Waals surface area contributed by atoms with Crippen LogP contribution in [-0.2, 0) is 4.74 Å². The lowest BCUT2D eigenvalue weighted by Gasteiger charge is -2.22. The van der Waals surface area contributed by atoms with Crippen molar-refractivity contribution in [2.45, 2.75) is 46.6 Å². The standard InChI is InChI=1S/C16H25NO2/c1-5-11-19-16(18)13-7-9-14(10-8-13)17-15(6-2)12(3)4/h7-10,12,15,17H,5-6,11H2,1-4H3. The fraction of sp³-hybridized carbons (Fsp3) is 0.562. The van der Waals surface area contributed by atoms with Gasteiger partial charge in [0.2, 0.25) is 0 Å². The minimum absolute atomic E-state index is 0.246. The summed E-state index contributed by atoms with van der Waals surface area (Å²) in [5, 5.41) is 3.49. The molecule has 3 heteroatoms. The highest BCUT2D eigenvalue weighted by Crippen LogP contribution is 2.16. The zero-order chi connectivity index (χ0) is 14.3. The fourth-order valence-electron chi connectivity index (χ4n) is 1.93. The average Bonchev–Trinajstić information content (AvgIpc) is 2.42. The monoisotopic (exact) mass is 263 g/mol. The molecule has 0 bridgehead atoms. The molecule has 0 aliphatic heterocycles. The quantitative estimate of drug-likeness (QED) is 0.753. The van der Waals surface area contributed by atoms with Crippen molar-refractivity contribution in [2.24, 2.45) is 5.92 Å². The molecule has 0 aromatic heterocycles. The molecule has 1 rings (SSSR count). The molecule has 1 aromatic carbocycles. The van der Waals surface area contributed by atoms with Gasteiger partial charge in [-0.25, -0.2) is 4.79 Å². The van der Waals surface area contributed by atoms with Gasteiger partial charge >= 0.3 is 5.97 Å². The normalized spacial score (nSPS) is 12.3. The Morgan fingerprint density at radius 2 is 1.84 bits per heavy atom. The van der Waals surface area contributed by atoms with E-state index in [9.17, 15) is 4.79 Å². The predicted molar refractivity (Wildman–Crippen MR) is 79.6 cm³/mol. The van der Waals surface area contributed by atoms with Crippen LogP contribution in [0.2, 0.25) is 0 Å². The summed E-state index contributed by atoms with van der Waals surface area (Å²) in [6, 6.07) is 7.96. The van der Waals surface area contributed by atoms with E-state index in [0.29, 0.717) is 24.1 Å². The first-order valence-corrected chi connectivity index (χ1v) is 7.12. The van der Waals surface area contributed by atoms with Crippen LogP contribution in [0.5, 0.6) is 0 Å². The van der Waals surface area contributed by atoms with Crippen LogP contribution in [0.4, 0.5) is 5.69 Å². The van der Waals surface area contributed by atoms with Crippen molar-refractivity contribution in [1.29, 1.82) is 0 Å². The molecule has 0 heterocycles. The number of hydrogen-bond donors (Lipinski definition) is 1. The van der Waals surface area contributed by atoms with E-state index in [1.54, 1.807) is 0 Å². The smallest absolute Gasteiger partial charge is 0.338 e. The van der Waals surface area contributed by atoms with Crippen LogP contribution in [0.3, 0.4) is 0 Å². The molecular formula is C16H25NO2. The summed E-state index contributed by atoms with van der Waals surface area (Å²) < 4.78 is 5.10. The largest absolute Gasteiger partial charge is 0.462 e. The number of hydrogen-bond acceptors (Lipinski definition) is 3. The van der Waals surface area contributed by atoms with E-state index >= 15 is 0 Å². The van der Waals surface area contributed by atoms with E-state index in [2.05, 4.69) is 26.1 Å². The Morgan fingerprint density at radius 3 is 2.32 bits per heavy atom. The molecule has 0 amide bonds. The Labute approximate surface area is 116 Å². The zero-order valence-electron chi connectivity index (χ0n) is 12.4. The second kappa shape index (κ2) is 7.82. The Morgan fingerprint density at radius 1 is 1.21 bits per heavy atom. The van der Waals surface area contributed by atoms with E-state index in [1.165, 1.54) is 0 Å². The summed E-state index contributed by atoms with van der Waals surface area (Å²) in [5.74, 6) is 0.337. The number of esters is 1. The third kappa shape index (κ3) is 4.93. The molecule has 0 radical (unpaired) electrons. The topological polar surface area (TPSA) is 38.3 Å². The molecule has 0 saturated heterocycles. The Balaban J connectivity index is 2.63. The minimum Gasteiger partial charge on any atom is -0.462 e. The van der Waals surface area contributed by atoms with Crippen LogP contribution in [0, 0.1) is 5.92 Å². The maximum absolute atomic E-state index is 11.7. The lowest BCUT2D eigenvalue weighted by molar-refractivity contribution is 0.0505. The van der Waals surface area contributed by atoms with E-state index in [4.69, 9.17) is 4.74 Å². The SMILES string of the molecule is CCCOC(=O)c1ccc(NC(CC)C(C)C)cc1. The fourth-order valence-corrected chi connectivity index (χ4v) is 1.93. The maximum atomic E-state index is 11.7. The van der Waals surface area contributed by atoms with Gasteiger partial charge in [0.15, 0.2) is 0 Å². The summed E-state index contributed by atoms with van der Waals surface area (Å²) in [6.45, 7) is 9.05. The Bertz CT molecular complexity index is 384. The molecule has 1 unspecified atom stereocenters. The van der Waals surface area contributed by atoms with Gasteiger partial charge in [-0.15, -0.1) is 0 Å². The number of carbonyl (C=O) groups is 1. The van der Waals surface area contributed by atoms with Gasteiger partial charge in [0.05, 0.1) is 12.2 Å². The lowest BCUT2D eigenvalue weighted by atomic mass is 10.0. The molecule has 1 N–H and O–H groups in total. The van der Waals surface area contributed by atoms with Gasteiger partial charge < -0.3 is 10.1 Å². The van der Waals surface area contributed by atoms with Crippen LogP contribution in [0.25, 0.3) is 0 Å². The summed E-state index contributed by atoms with van der Waals surface area (Å²) >= 11 is 0. The summed E-state index contributed by atoms with van der Waals surface area (Å²) in [5.41, 5.74) is 1.66. The molecule has 0 spiro atoms. The first-order valence-electron chi connectivity index (χ1n) is 7.12. The molecular weight excluding hydrogens is 238 g/mol. The number of benzene rings is 1. The Hall–Kier alpha value is -1.51. The molecule has 19 heavy (non-hydrogen) atoms. The number of ether oxygens (including phenoxy) is 1. The van der Waals surface area contributed by atoms with Gasteiger partial charge in [0, 0.05) is 11.7 Å². The summed E-state index contributed by atoms with van der Waals surface area (Å²) in [4.78, 5) is 11.7. The average molecular weight is 263 g/mol. The van der Waals surface area contributed by atoms with Crippen molar-refractivity contribution in [3.8, 4) is 0 Å². The van der Waals surface area contributed by atoms with Gasteiger partial charge in [0.1, 0.15) is 0 Å².